The molecule has 1 aromatic carbocycles. The highest BCUT2D eigenvalue weighted by Crippen LogP contribution is 2.30. The van der Waals surface area contributed by atoms with Gasteiger partial charge < -0.3 is 14.6 Å². The summed E-state index contributed by atoms with van der Waals surface area (Å²) in [4.78, 5) is 4.27. The van der Waals surface area contributed by atoms with E-state index in [0.717, 1.165) is 12.8 Å². The predicted octanol–water partition coefficient (Wildman–Crippen LogP) is 4.81. The third kappa shape index (κ3) is 6.10. The Kier molecular flexibility index (Phi) is 6.16. The Balaban J connectivity index is 1.52. The Morgan fingerprint density at radius 1 is 1.22 bits per heavy atom. The monoisotopic (exact) mass is 417 g/mol. The molecule has 1 N–H and O–H groups in total. The maximum absolute atomic E-state index is 12.2. The number of aryl methyl sites for hydroxylation is 1. The van der Waals surface area contributed by atoms with Gasteiger partial charge in [-0.2, -0.15) is 4.98 Å². The second kappa shape index (κ2) is 8.57. The Morgan fingerprint density at radius 3 is 2.70 bits per heavy atom. The van der Waals surface area contributed by atoms with Crippen molar-refractivity contribution in [3.63, 3.8) is 0 Å². The number of benzene rings is 1. The van der Waals surface area contributed by atoms with Crippen molar-refractivity contribution in [2.24, 2.45) is 0 Å². The summed E-state index contributed by atoms with van der Waals surface area (Å²) in [7, 11) is 0. The Labute approximate surface area is 160 Å². The van der Waals surface area contributed by atoms with Gasteiger partial charge in [0.15, 0.2) is 10.2 Å². The van der Waals surface area contributed by atoms with E-state index in [0.29, 0.717) is 32.6 Å². The second-order valence-electron chi connectivity index (χ2n) is 5.21. The fraction of sp³-hybridized carbons (Fsp3) is 0.333. The summed E-state index contributed by atoms with van der Waals surface area (Å²) in [6.07, 6.45) is -3.00. The van der Waals surface area contributed by atoms with Gasteiger partial charge in [0.2, 0.25) is 11.0 Å². The van der Waals surface area contributed by atoms with Gasteiger partial charge in [-0.15, -0.1) is 23.4 Å². The summed E-state index contributed by atoms with van der Waals surface area (Å²) < 4.78 is 46.1. The van der Waals surface area contributed by atoms with Crippen molar-refractivity contribution in [1.29, 1.82) is 0 Å². The van der Waals surface area contributed by atoms with Crippen molar-refractivity contribution >= 4 is 33.9 Å². The molecule has 3 aromatic rings. The zero-order valence-corrected chi connectivity index (χ0v) is 15.6. The smallest absolute Gasteiger partial charge is 0.406 e. The van der Waals surface area contributed by atoms with E-state index in [4.69, 9.17) is 4.52 Å². The van der Waals surface area contributed by atoms with Crippen LogP contribution in [0.15, 0.2) is 33.1 Å². The van der Waals surface area contributed by atoms with Gasteiger partial charge in [-0.25, -0.2) is 0 Å². The zero-order valence-electron chi connectivity index (χ0n) is 14.0. The molecular formula is C15H14F3N5O2S2. The number of anilines is 2. The molecule has 0 amide bonds. The number of aromatic nitrogens is 4. The first-order valence-electron chi connectivity index (χ1n) is 7.82. The number of ether oxygens (including phenoxy) is 1. The molecule has 144 valence electrons. The molecular weight excluding hydrogens is 403 g/mol. The van der Waals surface area contributed by atoms with Crippen molar-refractivity contribution in [3.05, 3.63) is 36.0 Å². The molecule has 7 nitrogen and oxygen atoms in total. The van der Waals surface area contributed by atoms with Crippen LogP contribution in [0.5, 0.6) is 5.75 Å². The van der Waals surface area contributed by atoms with Crippen molar-refractivity contribution in [2.45, 2.75) is 36.2 Å². The topological polar surface area (TPSA) is 86.0 Å². The van der Waals surface area contributed by atoms with E-state index in [2.05, 4.69) is 30.4 Å². The number of thioether (sulfide) groups is 1. The average molecular weight is 417 g/mol. The minimum Gasteiger partial charge on any atom is -0.406 e. The molecule has 0 saturated heterocycles. The average Bonchev–Trinajstić information content (AvgIpc) is 3.23. The van der Waals surface area contributed by atoms with E-state index in [1.165, 1.54) is 47.4 Å². The van der Waals surface area contributed by atoms with Crippen LogP contribution in [0.2, 0.25) is 0 Å². The highest BCUT2D eigenvalue weighted by Gasteiger charge is 2.30. The van der Waals surface area contributed by atoms with Crippen LogP contribution in [0.3, 0.4) is 0 Å². The predicted molar refractivity (Wildman–Crippen MR) is 94.2 cm³/mol. The molecule has 0 saturated carbocycles. The normalized spacial score (nSPS) is 11.6. The molecule has 0 unspecified atom stereocenters. The lowest BCUT2D eigenvalue weighted by Gasteiger charge is -2.09. The van der Waals surface area contributed by atoms with E-state index in [-0.39, 0.29) is 5.75 Å². The molecule has 0 spiro atoms. The van der Waals surface area contributed by atoms with Crippen LogP contribution >= 0.6 is 23.1 Å². The summed E-state index contributed by atoms with van der Waals surface area (Å²) in [5, 5.41) is 15.4. The maximum Gasteiger partial charge on any atom is 0.573 e. The van der Waals surface area contributed by atoms with E-state index in [1.54, 1.807) is 0 Å². The summed E-state index contributed by atoms with van der Waals surface area (Å²) in [6, 6.07) is 5.36. The molecule has 0 aliphatic rings. The molecule has 2 heterocycles. The summed E-state index contributed by atoms with van der Waals surface area (Å²) >= 11 is 2.72. The van der Waals surface area contributed by atoms with Gasteiger partial charge in [0.1, 0.15) is 5.75 Å². The third-order valence-corrected chi connectivity index (χ3v) is 5.01. The molecule has 0 bridgehead atoms. The molecule has 12 heteroatoms. The van der Waals surface area contributed by atoms with E-state index >= 15 is 0 Å². The number of halogens is 3. The lowest BCUT2D eigenvalue weighted by atomic mass is 10.3. The summed E-state index contributed by atoms with van der Waals surface area (Å²) in [5.41, 5.74) is 0.568. The van der Waals surface area contributed by atoms with Crippen molar-refractivity contribution < 1.29 is 22.4 Å². The van der Waals surface area contributed by atoms with Crippen LogP contribution in [0.1, 0.15) is 25.1 Å². The number of rotatable bonds is 8. The highest BCUT2D eigenvalue weighted by molar-refractivity contribution is 8.00. The van der Waals surface area contributed by atoms with Gasteiger partial charge in [-0.3, -0.25) is 0 Å². The third-order valence-electron chi connectivity index (χ3n) is 3.05. The molecule has 27 heavy (non-hydrogen) atoms. The van der Waals surface area contributed by atoms with E-state index in [1.807, 2.05) is 6.92 Å². The molecule has 0 aliphatic carbocycles. The fourth-order valence-electron chi connectivity index (χ4n) is 1.98. The quantitative estimate of drug-likeness (QED) is 0.523. The number of nitrogens with zero attached hydrogens (tertiary/aromatic N) is 4. The molecule has 0 aliphatic heterocycles. The van der Waals surface area contributed by atoms with E-state index in [9.17, 15) is 13.2 Å². The number of hydrogen-bond donors (Lipinski definition) is 1. The van der Waals surface area contributed by atoms with Crippen molar-refractivity contribution in [3.8, 4) is 5.75 Å². The van der Waals surface area contributed by atoms with Gasteiger partial charge in [-0.05, 0) is 30.7 Å². The zero-order chi connectivity index (χ0) is 19.3. The Morgan fingerprint density at radius 2 is 2.00 bits per heavy atom. The fourth-order valence-corrected chi connectivity index (χ4v) is 3.59. The largest absolute Gasteiger partial charge is 0.573 e. The van der Waals surface area contributed by atoms with Crippen LogP contribution in [-0.2, 0) is 12.2 Å². The SMILES string of the molecule is CCCc1noc(CSc2nnc(Nc3ccc(OC(F)(F)F)cc3)s2)n1. The van der Waals surface area contributed by atoms with Gasteiger partial charge in [0, 0.05) is 12.1 Å². The number of hydrogen-bond acceptors (Lipinski definition) is 9. The van der Waals surface area contributed by atoms with Crippen LogP contribution in [0.4, 0.5) is 24.0 Å². The number of nitrogens with one attached hydrogen (secondary N) is 1. The molecule has 0 radical (unpaired) electrons. The van der Waals surface area contributed by atoms with E-state index < -0.39 is 6.36 Å². The first kappa shape index (κ1) is 19.4. The van der Waals surface area contributed by atoms with Crippen LogP contribution < -0.4 is 10.1 Å². The number of alkyl halides is 3. The standard InChI is InChI=1S/C15H14F3N5O2S2/c1-2-3-11-20-12(25-23-11)8-26-14-22-21-13(27-14)19-9-4-6-10(7-5-9)24-15(16,17)18/h4-7H,2-3,8H2,1H3,(H,19,21). The van der Waals surface area contributed by atoms with Crippen LogP contribution in [0, 0.1) is 0 Å². The molecule has 0 atom stereocenters. The van der Waals surface area contributed by atoms with Gasteiger partial charge >= 0.3 is 6.36 Å². The van der Waals surface area contributed by atoms with Crippen LogP contribution in [-0.4, -0.2) is 26.7 Å². The first-order chi connectivity index (χ1) is 12.9. The van der Waals surface area contributed by atoms with Gasteiger partial charge in [0.05, 0.1) is 5.75 Å². The molecule has 0 fully saturated rings. The Hall–Kier alpha value is -2.34. The molecule has 2 aromatic heterocycles. The lowest BCUT2D eigenvalue weighted by molar-refractivity contribution is -0.274. The maximum atomic E-state index is 12.2. The minimum absolute atomic E-state index is 0.288. The van der Waals surface area contributed by atoms with Gasteiger partial charge in [0.25, 0.3) is 0 Å². The Bertz CT molecular complexity index is 867. The van der Waals surface area contributed by atoms with Crippen LogP contribution in [0.25, 0.3) is 0 Å². The first-order valence-corrected chi connectivity index (χ1v) is 9.62. The molecule has 3 rings (SSSR count). The lowest BCUT2D eigenvalue weighted by Crippen LogP contribution is -2.16. The second-order valence-corrected chi connectivity index (χ2v) is 7.41. The highest BCUT2D eigenvalue weighted by atomic mass is 32.2. The van der Waals surface area contributed by atoms with Gasteiger partial charge in [-0.1, -0.05) is 35.2 Å². The minimum atomic E-state index is -4.71. The van der Waals surface area contributed by atoms with Crippen molar-refractivity contribution in [1.82, 2.24) is 20.3 Å². The summed E-state index contributed by atoms with van der Waals surface area (Å²) in [6.45, 7) is 2.04. The van der Waals surface area contributed by atoms with Crippen molar-refractivity contribution in [2.75, 3.05) is 5.32 Å². The summed E-state index contributed by atoms with van der Waals surface area (Å²) in [5.74, 6) is 1.40.